The van der Waals surface area contributed by atoms with Crippen molar-refractivity contribution in [3.8, 4) is 5.75 Å². The molecule has 1 aromatic carbocycles. The zero-order valence-corrected chi connectivity index (χ0v) is 12.6. The monoisotopic (exact) mass is 286 g/mol. The Kier molecular flexibility index (Phi) is 4.22. The van der Waals surface area contributed by atoms with Crippen LogP contribution in [-0.4, -0.2) is 53.6 Å². The van der Waals surface area contributed by atoms with Crippen molar-refractivity contribution in [3.05, 3.63) is 48.0 Å². The molecule has 112 valence electrons. The smallest absolute Gasteiger partial charge is 0.118 e. The van der Waals surface area contributed by atoms with Gasteiger partial charge in [-0.1, -0.05) is 12.1 Å². The largest absolute Gasteiger partial charge is 0.497 e. The Bertz CT molecular complexity index is 552. The number of benzene rings is 1. The molecule has 1 unspecified atom stereocenters. The Balaban J connectivity index is 1.70. The number of aromatic nitrogens is 2. The van der Waals surface area contributed by atoms with Gasteiger partial charge in [0.15, 0.2) is 0 Å². The molecule has 1 aliphatic heterocycles. The molecule has 0 bridgehead atoms. The van der Waals surface area contributed by atoms with E-state index < -0.39 is 0 Å². The van der Waals surface area contributed by atoms with E-state index in [1.165, 1.54) is 11.3 Å². The summed E-state index contributed by atoms with van der Waals surface area (Å²) in [4.78, 5) is 12.2. The van der Waals surface area contributed by atoms with Gasteiger partial charge < -0.3 is 9.72 Å². The Morgan fingerprint density at radius 2 is 2.10 bits per heavy atom. The highest BCUT2D eigenvalue weighted by molar-refractivity contribution is 5.29. The number of ether oxygens (including phenoxy) is 1. The van der Waals surface area contributed by atoms with Crippen LogP contribution < -0.4 is 4.74 Å². The first kappa shape index (κ1) is 14.1. The predicted molar refractivity (Wildman–Crippen MR) is 82.2 cm³/mol. The van der Waals surface area contributed by atoms with Crippen LogP contribution in [0.1, 0.15) is 17.3 Å². The lowest BCUT2D eigenvalue weighted by Gasteiger charge is -2.39. The first-order valence-electron chi connectivity index (χ1n) is 7.30. The number of hydrogen-bond donors (Lipinski definition) is 1. The first-order valence-corrected chi connectivity index (χ1v) is 7.30. The lowest BCUT2D eigenvalue weighted by molar-refractivity contribution is 0.0897. The summed E-state index contributed by atoms with van der Waals surface area (Å²) in [6, 6.07) is 8.83. The van der Waals surface area contributed by atoms with E-state index in [0.717, 1.165) is 31.9 Å². The lowest BCUT2D eigenvalue weighted by Crippen LogP contribution is -2.46. The van der Waals surface area contributed by atoms with Gasteiger partial charge in [0.2, 0.25) is 0 Å². The van der Waals surface area contributed by atoms with Gasteiger partial charge in [-0.05, 0) is 24.7 Å². The average molecular weight is 286 g/mol. The fourth-order valence-corrected chi connectivity index (χ4v) is 2.87. The summed E-state index contributed by atoms with van der Waals surface area (Å²) in [7, 11) is 3.90. The summed E-state index contributed by atoms with van der Waals surface area (Å²) < 4.78 is 5.24. The van der Waals surface area contributed by atoms with E-state index in [4.69, 9.17) is 4.74 Å². The van der Waals surface area contributed by atoms with Gasteiger partial charge in [-0.15, -0.1) is 0 Å². The minimum absolute atomic E-state index is 0.424. The number of hydrogen-bond acceptors (Lipinski definition) is 4. The zero-order chi connectivity index (χ0) is 14.7. The highest BCUT2D eigenvalue weighted by Gasteiger charge is 2.25. The number of rotatable bonds is 4. The summed E-state index contributed by atoms with van der Waals surface area (Å²) in [5, 5.41) is 0. The molecule has 1 fully saturated rings. The van der Waals surface area contributed by atoms with Crippen molar-refractivity contribution in [2.24, 2.45) is 0 Å². The van der Waals surface area contributed by atoms with E-state index >= 15 is 0 Å². The van der Waals surface area contributed by atoms with Gasteiger partial charge in [0.05, 0.1) is 13.4 Å². The summed E-state index contributed by atoms with van der Waals surface area (Å²) in [5.74, 6) is 0.909. The van der Waals surface area contributed by atoms with Crippen molar-refractivity contribution >= 4 is 0 Å². The maximum absolute atomic E-state index is 5.24. The maximum atomic E-state index is 5.24. The molecule has 5 heteroatoms. The summed E-state index contributed by atoms with van der Waals surface area (Å²) in [5.41, 5.74) is 2.51. The fraction of sp³-hybridized carbons (Fsp3) is 0.438. The third-order valence-electron chi connectivity index (χ3n) is 4.18. The second-order valence-electron chi connectivity index (χ2n) is 5.58. The number of nitrogens with zero attached hydrogens (tertiary/aromatic N) is 3. The molecule has 1 atom stereocenters. The normalized spacial score (nSPS) is 20.6. The van der Waals surface area contributed by atoms with Gasteiger partial charge in [0.1, 0.15) is 5.75 Å². The van der Waals surface area contributed by atoms with E-state index in [0.29, 0.717) is 6.04 Å². The molecule has 1 saturated heterocycles. The van der Waals surface area contributed by atoms with Crippen molar-refractivity contribution in [2.75, 3.05) is 33.8 Å². The van der Waals surface area contributed by atoms with Crippen molar-refractivity contribution in [2.45, 2.75) is 12.6 Å². The lowest BCUT2D eigenvalue weighted by atomic mass is 10.0. The van der Waals surface area contributed by atoms with Gasteiger partial charge in [0.25, 0.3) is 0 Å². The summed E-state index contributed by atoms with van der Waals surface area (Å²) in [6.07, 6.45) is 3.65. The van der Waals surface area contributed by atoms with Crippen LogP contribution in [0.25, 0.3) is 0 Å². The van der Waals surface area contributed by atoms with E-state index in [-0.39, 0.29) is 0 Å². The van der Waals surface area contributed by atoms with E-state index in [1.54, 1.807) is 13.4 Å². The second-order valence-corrected chi connectivity index (χ2v) is 5.58. The van der Waals surface area contributed by atoms with E-state index in [2.05, 4.69) is 38.9 Å². The van der Waals surface area contributed by atoms with Gasteiger partial charge in [-0.2, -0.15) is 0 Å². The van der Waals surface area contributed by atoms with Crippen LogP contribution >= 0.6 is 0 Å². The first-order chi connectivity index (χ1) is 10.3. The molecule has 2 aromatic rings. The number of nitrogens with one attached hydrogen (secondary N) is 1. The van der Waals surface area contributed by atoms with Gasteiger partial charge in [0, 0.05) is 44.1 Å². The molecule has 0 spiro atoms. The molecule has 0 radical (unpaired) electrons. The third-order valence-corrected chi connectivity index (χ3v) is 4.18. The topological polar surface area (TPSA) is 44.4 Å². The highest BCUT2D eigenvalue weighted by atomic mass is 16.5. The number of piperazine rings is 1. The number of methoxy groups -OCH3 is 1. The number of imidazole rings is 1. The predicted octanol–water partition coefficient (Wildman–Crippen LogP) is 1.91. The quantitative estimate of drug-likeness (QED) is 0.932. The van der Waals surface area contributed by atoms with E-state index in [9.17, 15) is 0 Å². The molecule has 0 amide bonds. The van der Waals surface area contributed by atoms with Gasteiger partial charge in [-0.25, -0.2) is 4.98 Å². The molecule has 1 aliphatic rings. The second kappa shape index (κ2) is 6.28. The minimum atomic E-state index is 0.424. The van der Waals surface area contributed by atoms with Gasteiger partial charge in [-0.3, -0.25) is 9.80 Å². The van der Waals surface area contributed by atoms with Crippen LogP contribution in [0.3, 0.4) is 0 Å². The van der Waals surface area contributed by atoms with Crippen LogP contribution in [-0.2, 0) is 6.54 Å². The fourth-order valence-electron chi connectivity index (χ4n) is 2.87. The molecule has 0 aliphatic carbocycles. The molecular formula is C16H22N4O. The molecule has 21 heavy (non-hydrogen) atoms. The standard InChI is InChI=1S/C16H22N4O/c1-19-7-8-20(10-14-9-17-12-18-14)11-16(19)13-3-5-15(21-2)6-4-13/h3-6,9,12,16H,7-8,10-11H2,1-2H3,(H,17,18). The molecule has 0 saturated carbocycles. The molecule has 3 rings (SSSR count). The Labute approximate surface area is 125 Å². The Hall–Kier alpha value is -1.85. The number of H-pyrrole nitrogens is 1. The van der Waals surface area contributed by atoms with Crippen molar-refractivity contribution < 1.29 is 4.74 Å². The molecule has 1 N–H and O–H groups in total. The van der Waals surface area contributed by atoms with Crippen molar-refractivity contribution in [1.82, 2.24) is 19.8 Å². The van der Waals surface area contributed by atoms with E-state index in [1.807, 2.05) is 18.3 Å². The molecular weight excluding hydrogens is 264 g/mol. The molecule has 2 heterocycles. The average Bonchev–Trinajstić information content (AvgIpc) is 3.02. The van der Waals surface area contributed by atoms with Crippen LogP contribution in [0.5, 0.6) is 5.75 Å². The summed E-state index contributed by atoms with van der Waals surface area (Å²) >= 11 is 0. The van der Waals surface area contributed by atoms with Crippen LogP contribution in [0.15, 0.2) is 36.8 Å². The number of likely N-dealkylation sites (N-methyl/N-ethyl adjacent to an activating group) is 1. The maximum Gasteiger partial charge on any atom is 0.118 e. The molecule has 5 nitrogen and oxygen atoms in total. The highest BCUT2D eigenvalue weighted by Crippen LogP contribution is 2.26. The Morgan fingerprint density at radius 1 is 1.29 bits per heavy atom. The van der Waals surface area contributed by atoms with Crippen LogP contribution in [0.2, 0.25) is 0 Å². The van der Waals surface area contributed by atoms with Crippen LogP contribution in [0, 0.1) is 0 Å². The van der Waals surface area contributed by atoms with Crippen molar-refractivity contribution in [3.63, 3.8) is 0 Å². The Morgan fingerprint density at radius 3 is 2.76 bits per heavy atom. The van der Waals surface area contributed by atoms with Crippen molar-refractivity contribution in [1.29, 1.82) is 0 Å². The molecule has 1 aromatic heterocycles. The van der Waals surface area contributed by atoms with Crippen LogP contribution in [0.4, 0.5) is 0 Å². The number of aromatic amines is 1. The third kappa shape index (κ3) is 3.25. The minimum Gasteiger partial charge on any atom is -0.497 e. The van der Waals surface area contributed by atoms with Gasteiger partial charge >= 0.3 is 0 Å². The summed E-state index contributed by atoms with van der Waals surface area (Å²) in [6.45, 7) is 4.12. The zero-order valence-electron chi connectivity index (χ0n) is 12.6. The SMILES string of the molecule is COc1ccc(C2CN(Cc3cnc[nH]3)CCN2C)cc1.